The Bertz CT molecular complexity index is 286. The Kier molecular flexibility index (Phi) is 8.23. The minimum absolute atomic E-state index is 0.0604. The molecular formula is C16H26O3. The summed E-state index contributed by atoms with van der Waals surface area (Å²) in [6.45, 7) is 8.03. The molecule has 2 atom stereocenters. The Balaban J connectivity index is 2.32. The molecule has 0 N–H and O–H groups in total. The fourth-order valence-electron chi connectivity index (χ4n) is 2.30. The van der Waals surface area contributed by atoms with E-state index in [0.717, 1.165) is 45.1 Å². The molecule has 1 saturated carbocycles. The topological polar surface area (TPSA) is 35.5 Å². The van der Waals surface area contributed by atoms with Crippen molar-refractivity contribution in [1.29, 1.82) is 0 Å². The van der Waals surface area contributed by atoms with Gasteiger partial charge in [-0.1, -0.05) is 18.6 Å². The molecule has 3 nitrogen and oxygen atoms in total. The maximum absolute atomic E-state index is 11.7. The molecule has 0 heterocycles. The van der Waals surface area contributed by atoms with Crippen LogP contribution in [-0.4, -0.2) is 24.8 Å². The number of carbonyl (C=O) groups excluding carboxylic acids is 1. The predicted molar refractivity (Wildman–Crippen MR) is 77.0 cm³/mol. The molecule has 0 aliphatic heterocycles. The van der Waals surface area contributed by atoms with Crippen LogP contribution in [0.5, 0.6) is 0 Å². The van der Waals surface area contributed by atoms with Gasteiger partial charge in [0, 0.05) is 13.0 Å². The van der Waals surface area contributed by atoms with Gasteiger partial charge >= 0.3 is 5.97 Å². The van der Waals surface area contributed by atoms with Crippen molar-refractivity contribution in [3.8, 4) is 0 Å². The van der Waals surface area contributed by atoms with Gasteiger partial charge in [-0.25, -0.2) is 0 Å². The lowest BCUT2D eigenvalue weighted by Crippen LogP contribution is -2.36. The normalized spacial score (nSPS) is 22.7. The van der Waals surface area contributed by atoms with E-state index in [-0.39, 0.29) is 18.2 Å². The third-order valence-electron chi connectivity index (χ3n) is 3.36. The Hall–Kier alpha value is -1.09. The number of esters is 1. The van der Waals surface area contributed by atoms with E-state index in [1.165, 1.54) is 0 Å². The first-order valence-corrected chi connectivity index (χ1v) is 7.30. The second-order valence-corrected chi connectivity index (χ2v) is 4.98. The highest BCUT2D eigenvalue weighted by Gasteiger charge is 2.28. The standard InChI is InChI=1S/C16H26O3/c1-3-5-9-13-18-14-10-7-8-11-15(14)19-16(17)12-6-4-2/h3-4,14-15H,1-2,5-13H2. The summed E-state index contributed by atoms with van der Waals surface area (Å²) >= 11 is 0. The molecule has 1 aliphatic carbocycles. The van der Waals surface area contributed by atoms with Gasteiger partial charge in [0.05, 0.1) is 6.10 Å². The summed E-state index contributed by atoms with van der Waals surface area (Å²) in [5.41, 5.74) is 0. The second kappa shape index (κ2) is 9.79. The van der Waals surface area contributed by atoms with Crippen LogP contribution in [-0.2, 0) is 14.3 Å². The molecule has 0 aromatic rings. The van der Waals surface area contributed by atoms with E-state index >= 15 is 0 Å². The summed E-state index contributed by atoms with van der Waals surface area (Å²) < 4.78 is 11.4. The van der Waals surface area contributed by atoms with Crippen LogP contribution in [0.15, 0.2) is 25.3 Å². The average molecular weight is 266 g/mol. The summed E-state index contributed by atoms with van der Waals surface area (Å²) in [7, 11) is 0. The first-order valence-electron chi connectivity index (χ1n) is 7.30. The van der Waals surface area contributed by atoms with Crippen LogP contribution >= 0.6 is 0 Å². The van der Waals surface area contributed by atoms with E-state index in [1.807, 2.05) is 6.08 Å². The Morgan fingerprint density at radius 2 is 1.79 bits per heavy atom. The molecule has 0 saturated heterocycles. The van der Waals surface area contributed by atoms with Gasteiger partial charge in [0.2, 0.25) is 0 Å². The second-order valence-electron chi connectivity index (χ2n) is 4.98. The number of hydrogen-bond donors (Lipinski definition) is 0. The quantitative estimate of drug-likeness (QED) is 0.362. The van der Waals surface area contributed by atoms with Crippen molar-refractivity contribution in [3.05, 3.63) is 25.3 Å². The zero-order chi connectivity index (χ0) is 13.9. The highest BCUT2D eigenvalue weighted by molar-refractivity contribution is 5.69. The van der Waals surface area contributed by atoms with Gasteiger partial charge in [0.15, 0.2) is 0 Å². The van der Waals surface area contributed by atoms with Crippen molar-refractivity contribution in [2.45, 2.75) is 63.6 Å². The van der Waals surface area contributed by atoms with Crippen molar-refractivity contribution in [2.75, 3.05) is 6.61 Å². The SMILES string of the molecule is C=CCCCOC1CCCCC1OC(=O)CCC=C. The van der Waals surface area contributed by atoms with Gasteiger partial charge in [-0.2, -0.15) is 0 Å². The number of allylic oxidation sites excluding steroid dienone is 2. The monoisotopic (exact) mass is 266 g/mol. The zero-order valence-corrected chi connectivity index (χ0v) is 11.8. The van der Waals surface area contributed by atoms with Crippen LogP contribution in [0, 0.1) is 0 Å². The number of ether oxygens (including phenoxy) is 2. The summed E-state index contributed by atoms with van der Waals surface area (Å²) in [5.74, 6) is -0.133. The van der Waals surface area contributed by atoms with E-state index in [9.17, 15) is 4.79 Å². The summed E-state index contributed by atoms with van der Waals surface area (Å²) in [6, 6.07) is 0. The van der Waals surface area contributed by atoms with E-state index in [2.05, 4.69) is 13.2 Å². The van der Waals surface area contributed by atoms with Gasteiger partial charge in [-0.15, -0.1) is 13.2 Å². The molecule has 0 amide bonds. The lowest BCUT2D eigenvalue weighted by Gasteiger charge is -2.31. The molecule has 2 unspecified atom stereocenters. The first-order chi connectivity index (χ1) is 9.27. The highest BCUT2D eigenvalue weighted by atomic mass is 16.6. The minimum Gasteiger partial charge on any atom is -0.460 e. The van der Waals surface area contributed by atoms with Crippen molar-refractivity contribution in [2.24, 2.45) is 0 Å². The maximum Gasteiger partial charge on any atom is 0.306 e. The first kappa shape index (κ1) is 16.0. The van der Waals surface area contributed by atoms with Gasteiger partial charge in [0.1, 0.15) is 6.10 Å². The third-order valence-corrected chi connectivity index (χ3v) is 3.36. The molecule has 0 bridgehead atoms. The van der Waals surface area contributed by atoms with Gasteiger partial charge in [-0.05, 0) is 38.5 Å². The minimum atomic E-state index is -0.133. The number of hydrogen-bond acceptors (Lipinski definition) is 3. The number of rotatable bonds is 9. The fourth-order valence-corrected chi connectivity index (χ4v) is 2.30. The smallest absolute Gasteiger partial charge is 0.306 e. The van der Waals surface area contributed by atoms with Crippen molar-refractivity contribution in [3.63, 3.8) is 0 Å². The Morgan fingerprint density at radius 3 is 2.47 bits per heavy atom. The highest BCUT2D eigenvalue weighted by Crippen LogP contribution is 2.24. The largest absolute Gasteiger partial charge is 0.460 e. The van der Waals surface area contributed by atoms with Crippen LogP contribution in [0.3, 0.4) is 0 Å². The lowest BCUT2D eigenvalue weighted by atomic mass is 9.94. The van der Waals surface area contributed by atoms with Crippen LogP contribution < -0.4 is 0 Å². The lowest BCUT2D eigenvalue weighted by molar-refractivity contribution is -0.161. The van der Waals surface area contributed by atoms with Crippen LogP contribution in [0.2, 0.25) is 0 Å². The van der Waals surface area contributed by atoms with Crippen molar-refractivity contribution in [1.82, 2.24) is 0 Å². The summed E-state index contributed by atoms with van der Waals surface area (Å²) in [5, 5.41) is 0. The molecule has 1 rings (SSSR count). The van der Waals surface area contributed by atoms with Gasteiger partial charge in [0.25, 0.3) is 0 Å². The van der Waals surface area contributed by atoms with E-state index in [0.29, 0.717) is 12.8 Å². The molecule has 108 valence electrons. The van der Waals surface area contributed by atoms with Gasteiger partial charge < -0.3 is 9.47 Å². The molecular weight excluding hydrogens is 240 g/mol. The van der Waals surface area contributed by atoms with E-state index in [1.54, 1.807) is 6.08 Å². The summed E-state index contributed by atoms with van der Waals surface area (Å²) in [4.78, 5) is 11.7. The molecule has 0 aromatic carbocycles. The molecule has 0 aromatic heterocycles. The predicted octanol–water partition coefficient (Wildman–Crippen LogP) is 3.79. The van der Waals surface area contributed by atoms with Crippen LogP contribution in [0.1, 0.15) is 51.4 Å². The molecule has 19 heavy (non-hydrogen) atoms. The van der Waals surface area contributed by atoms with Crippen molar-refractivity contribution < 1.29 is 14.3 Å². The summed E-state index contributed by atoms with van der Waals surface area (Å²) in [6.07, 6.45) is 10.9. The molecule has 0 spiro atoms. The number of carbonyl (C=O) groups is 1. The average Bonchev–Trinajstić information content (AvgIpc) is 2.43. The Labute approximate surface area is 116 Å². The molecule has 1 fully saturated rings. The third kappa shape index (κ3) is 6.58. The molecule has 3 heteroatoms. The fraction of sp³-hybridized carbons (Fsp3) is 0.688. The Morgan fingerprint density at radius 1 is 1.11 bits per heavy atom. The number of unbranched alkanes of at least 4 members (excludes halogenated alkanes) is 1. The molecule has 0 radical (unpaired) electrons. The van der Waals surface area contributed by atoms with Crippen LogP contribution in [0.25, 0.3) is 0 Å². The van der Waals surface area contributed by atoms with E-state index in [4.69, 9.17) is 9.47 Å². The molecule has 1 aliphatic rings. The van der Waals surface area contributed by atoms with Crippen LogP contribution in [0.4, 0.5) is 0 Å². The maximum atomic E-state index is 11.7. The van der Waals surface area contributed by atoms with Crippen molar-refractivity contribution >= 4 is 5.97 Å². The zero-order valence-electron chi connectivity index (χ0n) is 11.8. The van der Waals surface area contributed by atoms with Gasteiger partial charge in [-0.3, -0.25) is 4.79 Å². The van der Waals surface area contributed by atoms with E-state index < -0.39 is 0 Å².